The number of morpholine rings is 1. The predicted molar refractivity (Wildman–Crippen MR) is 141 cm³/mol. The molecule has 0 unspecified atom stereocenters. The summed E-state index contributed by atoms with van der Waals surface area (Å²) in [5.74, 6) is -0.176. The molecule has 1 saturated heterocycles. The Hall–Kier alpha value is -3.01. The third kappa shape index (κ3) is 6.51. The van der Waals surface area contributed by atoms with Crippen molar-refractivity contribution in [1.29, 1.82) is 0 Å². The van der Waals surface area contributed by atoms with Crippen molar-refractivity contribution in [2.24, 2.45) is 0 Å². The summed E-state index contributed by atoms with van der Waals surface area (Å²) in [4.78, 5) is 16.9. The van der Waals surface area contributed by atoms with E-state index in [1.54, 1.807) is 61.6 Å². The van der Waals surface area contributed by atoms with Crippen LogP contribution in [0, 0.1) is 0 Å². The van der Waals surface area contributed by atoms with E-state index in [4.69, 9.17) is 21.1 Å². The Morgan fingerprint density at radius 3 is 2.29 bits per heavy atom. The van der Waals surface area contributed by atoms with Crippen LogP contribution in [0.3, 0.4) is 0 Å². The van der Waals surface area contributed by atoms with Crippen LogP contribution < -0.4 is 4.74 Å². The number of carbonyl (C=O) groups excluding carboxylic acids is 1. The minimum atomic E-state index is -4.68. The lowest BCUT2D eigenvalue weighted by atomic mass is 10.0. The fraction of sp³-hybridized carbons (Fsp3) is 0.393. The van der Waals surface area contributed by atoms with Crippen molar-refractivity contribution in [1.82, 2.24) is 14.4 Å². The number of hydrogen-bond acceptors (Lipinski definition) is 4. The second kappa shape index (κ2) is 11.4. The van der Waals surface area contributed by atoms with Crippen LogP contribution in [0.5, 0.6) is 5.88 Å². The molecule has 0 aliphatic carbocycles. The lowest BCUT2D eigenvalue weighted by molar-refractivity contribution is -0.143. The summed E-state index contributed by atoms with van der Waals surface area (Å²) < 4.78 is 54.9. The Morgan fingerprint density at radius 1 is 1.05 bits per heavy atom. The maximum absolute atomic E-state index is 14.2. The highest BCUT2D eigenvalue weighted by atomic mass is 35.5. The number of benzene rings is 2. The maximum Gasteiger partial charge on any atom is 0.431 e. The molecule has 0 radical (unpaired) electrons. The molecule has 0 saturated carbocycles. The lowest BCUT2D eigenvalue weighted by Gasteiger charge is -2.42. The Bertz CT molecular complexity index is 1240. The van der Waals surface area contributed by atoms with Crippen molar-refractivity contribution in [2.75, 3.05) is 39.9 Å². The molecule has 0 bridgehead atoms. The summed E-state index contributed by atoms with van der Waals surface area (Å²) in [7, 11) is 1.58. The van der Waals surface area contributed by atoms with Crippen LogP contribution in [0.4, 0.5) is 18.0 Å². The third-order valence-electron chi connectivity index (χ3n) is 6.66. The van der Waals surface area contributed by atoms with Crippen LogP contribution in [0.1, 0.15) is 25.1 Å². The highest BCUT2D eigenvalue weighted by Crippen LogP contribution is 2.41. The van der Waals surface area contributed by atoms with Gasteiger partial charge < -0.3 is 18.9 Å². The first kappa shape index (κ1) is 28.0. The van der Waals surface area contributed by atoms with E-state index in [9.17, 15) is 18.0 Å². The van der Waals surface area contributed by atoms with Gasteiger partial charge in [-0.1, -0.05) is 54.1 Å². The molecule has 2 aromatic carbocycles. The largest absolute Gasteiger partial charge is 0.431 e. The lowest BCUT2D eigenvalue weighted by Crippen LogP contribution is -2.55. The van der Waals surface area contributed by atoms with E-state index < -0.39 is 18.0 Å². The molecule has 1 aromatic heterocycles. The summed E-state index contributed by atoms with van der Waals surface area (Å²) in [5.41, 5.74) is -0.0645. The van der Waals surface area contributed by atoms with Gasteiger partial charge >= 0.3 is 12.3 Å². The normalized spacial score (nSPS) is 14.9. The van der Waals surface area contributed by atoms with E-state index in [0.717, 1.165) is 23.7 Å². The molecule has 1 amide bonds. The van der Waals surface area contributed by atoms with Crippen molar-refractivity contribution in [3.63, 3.8) is 0 Å². The number of halogens is 4. The average Bonchev–Trinajstić information content (AvgIpc) is 3.23. The van der Waals surface area contributed by atoms with Gasteiger partial charge in [-0.3, -0.25) is 4.90 Å². The van der Waals surface area contributed by atoms with Crippen LogP contribution in [0.15, 0.2) is 60.7 Å². The smallest absolute Gasteiger partial charge is 0.392 e. The van der Waals surface area contributed by atoms with Crippen LogP contribution in [-0.4, -0.2) is 65.9 Å². The summed E-state index contributed by atoms with van der Waals surface area (Å²) >= 11 is 6.02. The molecular weight excluding hydrogens is 519 g/mol. The van der Waals surface area contributed by atoms with Gasteiger partial charge in [0.05, 0.1) is 19.8 Å². The molecule has 3 aromatic rings. The maximum atomic E-state index is 14.2. The second-order valence-electron chi connectivity index (χ2n) is 9.96. The highest BCUT2D eigenvalue weighted by molar-refractivity contribution is 6.30. The average molecular weight is 550 g/mol. The molecule has 0 spiro atoms. The Labute approximate surface area is 225 Å². The SMILES string of the molecule is CN(CC(C)(C)N1CCOCC1)C(=O)Oc1c(-c2ccc(Cl)cc2)cc(C(F)(F)F)n1Cc1ccccc1. The quantitative estimate of drug-likeness (QED) is 0.341. The second-order valence-corrected chi connectivity index (χ2v) is 10.4. The zero-order chi connectivity index (χ0) is 27.5. The van der Waals surface area contributed by atoms with Gasteiger partial charge in [-0.05, 0) is 43.2 Å². The molecule has 1 fully saturated rings. The van der Waals surface area contributed by atoms with Crippen molar-refractivity contribution in [3.05, 3.63) is 76.9 Å². The van der Waals surface area contributed by atoms with Crippen LogP contribution >= 0.6 is 11.6 Å². The molecule has 2 heterocycles. The molecule has 10 heteroatoms. The van der Waals surface area contributed by atoms with Crippen LogP contribution in [0.25, 0.3) is 11.1 Å². The number of alkyl halides is 3. The molecule has 6 nitrogen and oxygen atoms in total. The fourth-order valence-corrected chi connectivity index (χ4v) is 4.84. The monoisotopic (exact) mass is 549 g/mol. The minimum Gasteiger partial charge on any atom is -0.392 e. The number of rotatable bonds is 7. The Morgan fingerprint density at radius 2 is 1.68 bits per heavy atom. The van der Waals surface area contributed by atoms with Gasteiger partial charge in [-0.2, -0.15) is 13.2 Å². The first-order valence-electron chi connectivity index (χ1n) is 12.3. The third-order valence-corrected chi connectivity index (χ3v) is 6.92. The molecular formula is C28H31ClF3N3O3. The highest BCUT2D eigenvalue weighted by Gasteiger charge is 2.39. The fourth-order valence-electron chi connectivity index (χ4n) is 4.71. The molecule has 204 valence electrons. The van der Waals surface area contributed by atoms with Gasteiger partial charge in [0.1, 0.15) is 5.69 Å². The van der Waals surface area contributed by atoms with Crippen molar-refractivity contribution in [2.45, 2.75) is 32.1 Å². The van der Waals surface area contributed by atoms with E-state index >= 15 is 0 Å². The van der Waals surface area contributed by atoms with Gasteiger partial charge in [0.2, 0.25) is 5.88 Å². The molecule has 1 aliphatic heterocycles. The summed E-state index contributed by atoms with van der Waals surface area (Å²) in [6, 6.07) is 16.1. The Kier molecular flexibility index (Phi) is 8.40. The molecule has 4 rings (SSSR count). The van der Waals surface area contributed by atoms with Crippen molar-refractivity contribution in [3.8, 4) is 17.0 Å². The molecule has 0 atom stereocenters. The number of aromatic nitrogens is 1. The van der Waals surface area contributed by atoms with Gasteiger partial charge in [-0.25, -0.2) is 4.79 Å². The number of hydrogen-bond donors (Lipinski definition) is 0. The number of ether oxygens (including phenoxy) is 2. The first-order chi connectivity index (χ1) is 18.0. The number of likely N-dealkylation sites (N-methyl/N-ethyl adjacent to an activating group) is 1. The van der Waals surface area contributed by atoms with Crippen molar-refractivity contribution >= 4 is 17.7 Å². The minimum absolute atomic E-state index is 0.130. The van der Waals surface area contributed by atoms with Gasteiger partial charge in [0.15, 0.2) is 0 Å². The number of carbonyl (C=O) groups is 1. The topological polar surface area (TPSA) is 46.9 Å². The standard InChI is InChI=1S/C28H31ClF3N3O3/c1-27(2,34-13-15-37-16-14-34)19-33(3)26(36)38-25-23(21-9-11-22(29)12-10-21)17-24(28(30,31)32)35(25)18-20-7-5-4-6-8-20/h4-12,17H,13-16,18-19H2,1-3H3. The predicted octanol–water partition coefficient (Wildman–Crippen LogP) is 6.42. The van der Waals surface area contributed by atoms with Gasteiger partial charge in [0, 0.05) is 42.8 Å². The number of amides is 1. The summed E-state index contributed by atoms with van der Waals surface area (Å²) in [5, 5.41) is 0.442. The number of nitrogens with zero attached hydrogens (tertiary/aromatic N) is 3. The first-order valence-corrected chi connectivity index (χ1v) is 12.7. The Balaban J connectivity index is 1.71. The van der Waals surface area contributed by atoms with E-state index in [0.29, 0.717) is 35.9 Å². The van der Waals surface area contributed by atoms with Gasteiger partial charge in [0.25, 0.3) is 0 Å². The van der Waals surface area contributed by atoms with Crippen LogP contribution in [0.2, 0.25) is 5.02 Å². The summed E-state index contributed by atoms with van der Waals surface area (Å²) in [6.07, 6.45) is -5.42. The molecule has 0 N–H and O–H groups in total. The van der Waals surface area contributed by atoms with E-state index in [2.05, 4.69) is 4.90 Å². The zero-order valence-electron chi connectivity index (χ0n) is 21.6. The zero-order valence-corrected chi connectivity index (χ0v) is 22.4. The molecule has 38 heavy (non-hydrogen) atoms. The summed E-state index contributed by atoms with van der Waals surface area (Å²) in [6.45, 7) is 6.88. The van der Waals surface area contributed by atoms with Crippen LogP contribution in [-0.2, 0) is 17.5 Å². The van der Waals surface area contributed by atoms with E-state index in [1.165, 1.54) is 4.90 Å². The molecule has 1 aliphatic rings. The van der Waals surface area contributed by atoms with Gasteiger partial charge in [-0.15, -0.1) is 0 Å². The van der Waals surface area contributed by atoms with Crippen molar-refractivity contribution < 1.29 is 27.4 Å². The van der Waals surface area contributed by atoms with E-state index in [-0.39, 0.29) is 23.5 Å². The van der Waals surface area contributed by atoms with E-state index in [1.807, 2.05) is 13.8 Å².